The van der Waals surface area contributed by atoms with Gasteiger partial charge in [-0.3, -0.25) is 4.98 Å². The lowest BCUT2D eigenvalue weighted by Crippen LogP contribution is -1.95. The predicted octanol–water partition coefficient (Wildman–Crippen LogP) is 3.58. The maximum absolute atomic E-state index is 11.5. The van der Waals surface area contributed by atoms with E-state index in [2.05, 4.69) is 9.97 Å². The van der Waals surface area contributed by atoms with Gasteiger partial charge in [0.2, 0.25) is 0 Å². The van der Waals surface area contributed by atoms with E-state index in [0.717, 1.165) is 22.5 Å². The highest BCUT2D eigenvalue weighted by Crippen LogP contribution is 2.34. The first kappa shape index (κ1) is 14.2. The van der Waals surface area contributed by atoms with Crippen molar-refractivity contribution in [3.8, 4) is 27.6 Å². The molecule has 0 bridgehead atoms. The van der Waals surface area contributed by atoms with Crippen LogP contribution >= 0.6 is 11.3 Å². The number of hydrogen-bond donors (Lipinski definition) is 1. The predicted molar refractivity (Wildman–Crippen MR) is 84.3 cm³/mol. The van der Waals surface area contributed by atoms with Crippen molar-refractivity contribution < 1.29 is 14.6 Å². The summed E-state index contributed by atoms with van der Waals surface area (Å²) >= 11 is 1.14. The van der Waals surface area contributed by atoms with Crippen LogP contribution in [0.25, 0.3) is 21.8 Å². The van der Waals surface area contributed by atoms with Gasteiger partial charge in [0.15, 0.2) is 0 Å². The van der Waals surface area contributed by atoms with E-state index >= 15 is 0 Å². The molecule has 110 valence electrons. The summed E-state index contributed by atoms with van der Waals surface area (Å²) in [4.78, 5) is 20.2. The number of hydrogen-bond acceptors (Lipinski definition) is 5. The molecule has 0 aliphatic heterocycles. The largest absolute Gasteiger partial charge is 0.497 e. The standard InChI is InChI=1S/C16H12N2O3S/c1-21-12-6-4-10(5-7-12)13-14(16(19)20)22-15(18-13)11-3-2-8-17-9-11/h2-9H,1H3,(H,19,20). The van der Waals surface area contributed by atoms with Crippen LogP contribution in [0.5, 0.6) is 5.75 Å². The molecule has 1 aromatic carbocycles. The van der Waals surface area contributed by atoms with Crippen LogP contribution in [0.15, 0.2) is 48.8 Å². The van der Waals surface area contributed by atoms with Gasteiger partial charge in [0, 0.05) is 23.5 Å². The number of thiazole rings is 1. The zero-order valence-corrected chi connectivity index (χ0v) is 12.5. The van der Waals surface area contributed by atoms with Crippen LogP contribution < -0.4 is 4.74 Å². The number of aromatic nitrogens is 2. The fourth-order valence-electron chi connectivity index (χ4n) is 2.02. The molecule has 5 nitrogen and oxygen atoms in total. The maximum Gasteiger partial charge on any atom is 0.348 e. The molecule has 22 heavy (non-hydrogen) atoms. The second-order valence-corrected chi connectivity index (χ2v) is 5.47. The number of carboxylic acid groups (broad SMARTS) is 1. The summed E-state index contributed by atoms with van der Waals surface area (Å²) < 4.78 is 5.11. The van der Waals surface area contributed by atoms with E-state index in [1.54, 1.807) is 49.8 Å². The highest BCUT2D eigenvalue weighted by atomic mass is 32.1. The Kier molecular flexibility index (Phi) is 3.84. The smallest absolute Gasteiger partial charge is 0.348 e. The third-order valence-corrected chi connectivity index (χ3v) is 4.19. The second kappa shape index (κ2) is 5.95. The van der Waals surface area contributed by atoms with Crippen LogP contribution in [-0.2, 0) is 0 Å². The minimum absolute atomic E-state index is 0.212. The summed E-state index contributed by atoms with van der Waals surface area (Å²) in [6.07, 6.45) is 3.34. The molecular weight excluding hydrogens is 300 g/mol. The average molecular weight is 312 g/mol. The average Bonchev–Trinajstić information content (AvgIpc) is 3.01. The number of benzene rings is 1. The van der Waals surface area contributed by atoms with Crippen molar-refractivity contribution in [3.63, 3.8) is 0 Å². The monoisotopic (exact) mass is 312 g/mol. The lowest BCUT2D eigenvalue weighted by molar-refractivity contribution is 0.0702. The summed E-state index contributed by atoms with van der Waals surface area (Å²) in [5, 5.41) is 10.1. The van der Waals surface area contributed by atoms with Gasteiger partial charge < -0.3 is 9.84 Å². The van der Waals surface area contributed by atoms with Crippen molar-refractivity contribution in [2.75, 3.05) is 7.11 Å². The quantitative estimate of drug-likeness (QED) is 0.797. The third-order valence-electron chi connectivity index (χ3n) is 3.09. The van der Waals surface area contributed by atoms with Crippen molar-refractivity contribution in [3.05, 3.63) is 53.7 Å². The molecule has 0 unspecified atom stereocenters. The van der Waals surface area contributed by atoms with Gasteiger partial charge in [-0.25, -0.2) is 9.78 Å². The highest BCUT2D eigenvalue weighted by Gasteiger charge is 2.19. The zero-order chi connectivity index (χ0) is 15.5. The number of carboxylic acids is 1. The Morgan fingerprint density at radius 1 is 1.18 bits per heavy atom. The number of methoxy groups -OCH3 is 1. The van der Waals surface area contributed by atoms with Gasteiger partial charge >= 0.3 is 5.97 Å². The molecule has 0 radical (unpaired) electrons. The molecule has 0 amide bonds. The highest BCUT2D eigenvalue weighted by molar-refractivity contribution is 7.17. The third kappa shape index (κ3) is 2.68. The van der Waals surface area contributed by atoms with Crippen LogP contribution in [0.3, 0.4) is 0 Å². The van der Waals surface area contributed by atoms with Crippen molar-refractivity contribution >= 4 is 17.3 Å². The Bertz CT molecular complexity index is 798. The van der Waals surface area contributed by atoms with Gasteiger partial charge in [-0.1, -0.05) is 0 Å². The van der Waals surface area contributed by atoms with Gasteiger partial charge in [-0.05, 0) is 36.4 Å². The van der Waals surface area contributed by atoms with E-state index in [0.29, 0.717) is 16.5 Å². The molecule has 3 aromatic rings. The summed E-state index contributed by atoms with van der Waals surface area (Å²) in [6, 6.07) is 10.8. The number of carbonyl (C=O) groups is 1. The normalized spacial score (nSPS) is 10.4. The van der Waals surface area contributed by atoms with Crippen molar-refractivity contribution in [1.82, 2.24) is 9.97 Å². The number of ether oxygens (including phenoxy) is 1. The number of pyridine rings is 1. The van der Waals surface area contributed by atoms with Gasteiger partial charge in [-0.2, -0.15) is 0 Å². The van der Waals surface area contributed by atoms with Gasteiger partial charge in [0.1, 0.15) is 15.6 Å². The number of nitrogens with zero attached hydrogens (tertiary/aromatic N) is 2. The van der Waals surface area contributed by atoms with E-state index in [1.165, 1.54) is 0 Å². The molecule has 2 aromatic heterocycles. The van der Waals surface area contributed by atoms with Crippen molar-refractivity contribution in [1.29, 1.82) is 0 Å². The van der Waals surface area contributed by atoms with Crippen LogP contribution in [-0.4, -0.2) is 28.2 Å². The maximum atomic E-state index is 11.5. The topological polar surface area (TPSA) is 72.3 Å². The molecule has 0 spiro atoms. The first-order chi connectivity index (χ1) is 10.7. The molecule has 0 atom stereocenters. The van der Waals surface area contributed by atoms with E-state index in [1.807, 2.05) is 6.07 Å². The molecule has 0 aliphatic rings. The van der Waals surface area contributed by atoms with Crippen molar-refractivity contribution in [2.45, 2.75) is 0 Å². The SMILES string of the molecule is COc1ccc(-c2nc(-c3cccnc3)sc2C(=O)O)cc1. The molecule has 2 heterocycles. The lowest BCUT2D eigenvalue weighted by atomic mass is 10.1. The summed E-state index contributed by atoms with van der Waals surface area (Å²) in [7, 11) is 1.58. The summed E-state index contributed by atoms with van der Waals surface area (Å²) in [6.45, 7) is 0. The Balaban J connectivity index is 2.09. The number of aromatic carboxylic acids is 1. The Morgan fingerprint density at radius 2 is 1.95 bits per heavy atom. The van der Waals surface area contributed by atoms with Crippen molar-refractivity contribution in [2.24, 2.45) is 0 Å². The van der Waals surface area contributed by atoms with Crippen LogP contribution in [0.1, 0.15) is 9.67 Å². The summed E-state index contributed by atoms with van der Waals surface area (Å²) in [5.41, 5.74) is 2.00. The van der Waals surface area contributed by atoms with E-state index in [9.17, 15) is 9.90 Å². The molecule has 0 saturated carbocycles. The second-order valence-electron chi connectivity index (χ2n) is 4.47. The summed E-state index contributed by atoms with van der Waals surface area (Å²) in [5.74, 6) is -0.276. The minimum atomic E-state index is -0.988. The lowest BCUT2D eigenvalue weighted by Gasteiger charge is -2.02. The Morgan fingerprint density at radius 3 is 2.55 bits per heavy atom. The first-order valence-corrected chi connectivity index (χ1v) is 7.29. The molecule has 6 heteroatoms. The molecule has 0 fully saturated rings. The fourth-order valence-corrected chi connectivity index (χ4v) is 2.94. The van der Waals surface area contributed by atoms with E-state index in [-0.39, 0.29) is 4.88 Å². The molecule has 0 saturated heterocycles. The van der Waals surface area contributed by atoms with Crippen LogP contribution in [0.2, 0.25) is 0 Å². The minimum Gasteiger partial charge on any atom is -0.497 e. The van der Waals surface area contributed by atoms with Crippen LogP contribution in [0.4, 0.5) is 0 Å². The van der Waals surface area contributed by atoms with Gasteiger partial charge in [-0.15, -0.1) is 11.3 Å². The molecular formula is C16H12N2O3S. The molecule has 3 rings (SSSR count). The van der Waals surface area contributed by atoms with E-state index in [4.69, 9.17) is 4.74 Å². The van der Waals surface area contributed by atoms with Gasteiger partial charge in [0.05, 0.1) is 12.8 Å². The zero-order valence-electron chi connectivity index (χ0n) is 11.7. The fraction of sp³-hybridized carbons (Fsp3) is 0.0625. The Labute approximate surface area is 130 Å². The number of rotatable bonds is 4. The van der Waals surface area contributed by atoms with E-state index < -0.39 is 5.97 Å². The van der Waals surface area contributed by atoms with Gasteiger partial charge in [0.25, 0.3) is 0 Å². The molecule has 0 aliphatic carbocycles. The Hall–Kier alpha value is -2.73. The first-order valence-electron chi connectivity index (χ1n) is 6.48. The molecule has 1 N–H and O–H groups in total. The van der Waals surface area contributed by atoms with Crippen LogP contribution in [0, 0.1) is 0 Å².